The zero-order valence-electron chi connectivity index (χ0n) is 24.5. The van der Waals surface area contributed by atoms with Gasteiger partial charge < -0.3 is 14.7 Å². The molecule has 0 aliphatic carbocycles. The Morgan fingerprint density at radius 3 is 2.26 bits per heavy atom. The second-order valence-corrected chi connectivity index (χ2v) is 12.4. The summed E-state index contributed by atoms with van der Waals surface area (Å²) in [6, 6.07) is 9.33. The van der Waals surface area contributed by atoms with Gasteiger partial charge in [-0.15, -0.1) is 10.2 Å². The molecule has 0 radical (unpaired) electrons. The summed E-state index contributed by atoms with van der Waals surface area (Å²) in [5, 5.41) is 8.98. The number of alkyl halides is 3. The first-order valence-corrected chi connectivity index (χ1v) is 14.7. The molecule has 0 N–H and O–H groups in total. The average Bonchev–Trinajstić information content (AvgIpc) is 3.39. The highest BCUT2D eigenvalue weighted by Gasteiger charge is 2.38. The zero-order valence-corrected chi connectivity index (χ0v) is 25.3. The van der Waals surface area contributed by atoms with Crippen LogP contribution >= 0.6 is 11.6 Å². The van der Waals surface area contributed by atoms with Crippen LogP contribution in [0.2, 0.25) is 5.02 Å². The number of hydrogen-bond acceptors (Lipinski definition) is 7. The van der Waals surface area contributed by atoms with Gasteiger partial charge in [0.25, 0.3) is 0 Å². The number of anilines is 2. The van der Waals surface area contributed by atoms with E-state index >= 15 is 0 Å². The van der Waals surface area contributed by atoms with Gasteiger partial charge in [0.05, 0.1) is 33.5 Å². The molecule has 42 heavy (non-hydrogen) atoms. The molecule has 2 saturated heterocycles. The van der Waals surface area contributed by atoms with Gasteiger partial charge in [-0.1, -0.05) is 17.7 Å². The van der Waals surface area contributed by atoms with Gasteiger partial charge in [0.15, 0.2) is 5.65 Å². The van der Waals surface area contributed by atoms with Crippen LogP contribution < -0.4 is 9.80 Å². The third kappa shape index (κ3) is 5.16. The summed E-state index contributed by atoms with van der Waals surface area (Å²) in [4.78, 5) is 13.0. The molecule has 8 nitrogen and oxygen atoms in total. The number of likely N-dealkylation sites (N-methyl/N-ethyl adjacent to an activating group) is 1. The smallest absolute Gasteiger partial charge is 0.370 e. The minimum absolute atomic E-state index is 0.0642. The lowest BCUT2D eigenvalue weighted by atomic mass is 9.98. The van der Waals surface area contributed by atoms with Crippen molar-refractivity contribution in [3.05, 3.63) is 47.1 Å². The van der Waals surface area contributed by atoms with Crippen molar-refractivity contribution in [2.45, 2.75) is 51.0 Å². The lowest BCUT2D eigenvalue weighted by molar-refractivity contribution is -0.137. The molecule has 2 aromatic carbocycles. The molecule has 2 aliphatic heterocycles. The van der Waals surface area contributed by atoms with Crippen LogP contribution in [0.4, 0.5) is 24.8 Å². The van der Waals surface area contributed by atoms with E-state index in [-0.39, 0.29) is 10.7 Å². The van der Waals surface area contributed by atoms with Crippen molar-refractivity contribution < 1.29 is 13.2 Å². The topological polar surface area (TPSA) is 56.0 Å². The van der Waals surface area contributed by atoms with Crippen LogP contribution in [-0.2, 0) is 6.18 Å². The fourth-order valence-electron chi connectivity index (χ4n) is 6.40. The van der Waals surface area contributed by atoms with Gasteiger partial charge in [0.1, 0.15) is 0 Å². The van der Waals surface area contributed by atoms with E-state index in [1.807, 2.05) is 30.6 Å². The van der Waals surface area contributed by atoms with Gasteiger partial charge in [-0.05, 0) is 83.2 Å². The molecule has 2 fully saturated rings. The first-order chi connectivity index (χ1) is 19.9. The van der Waals surface area contributed by atoms with E-state index in [0.29, 0.717) is 59.5 Å². The average molecular weight is 601 g/mol. The molecule has 6 rings (SSSR count). The van der Waals surface area contributed by atoms with Crippen molar-refractivity contribution in [2.24, 2.45) is 0 Å². The molecule has 224 valence electrons. The molecule has 12 heteroatoms. The predicted molar refractivity (Wildman–Crippen MR) is 162 cm³/mol. The van der Waals surface area contributed by atoms with Crippen molar-refractivity contribution in [1.29, 1.82) is 0 Å². The van der Waals surface area contributed by atoms with Crippen LogP contribution in [0.25, 0.3) is 27.8 Å². The molecule has 4 aromatic rings. The highest BCUT2D eigenvalue weighted by atomic mass is 35.5. The fourth-order valence-corrected chi connectivity index (χ4v) is 6.74. The van der Waals surface area contributed by atoms with E-state index < -0.39 is 11.7 Å². The maximum Gasteiger partial charge on any atom is 0.418 e. The SMILES string of the molecule is C[C@@H]1CN(c2nnc3cnc4ccc(-c5cc(Cl)c(N6CCC(N(C)C)CC6)c(C(F)(F)F)c5)cc4n23)C[C@H](C)N1C. The summed E-state index contributed by atoms with van der Waals surface area (Å²) in [6.07, 6.45) is -1.33. The van der Waals surface area contributed by atoms with Crippen LogP contribution in [0.1, 0.15) is 32.3 Å². The Hall–Kier alpha value is -3.15. The molecule has 0 amide bonds. The predicted octanol–water partition coefficient (Wildman–Crippen LogP) is 5.68. The van der Waals surface area contributed by atoms with Gasteiger partial charge in [0.2, 0.25) is 5.95 Å². The van der Waals surface area contributed by atoms with Crippen LogP contribution in [0, 0.1) is 0 Å². The Balaban J connectivity index is 1.43. The number of piperazine rings is 1. The van der Waals surface area contributed by atoms with Gasteiger partial charge in [-0.2, -0.15) is 13.2 Å². The molecule has 0 unspecified atom stereocenters. The van der Waals surface area contributed by atoms with Crippen molar-refractivity contribution in [2.75, 3.05) is 57.1 Å². The number of benzene rings is 2. The van der Waals surface area contributed by atoms with Gasteiger partial charge in [-0.3, -0.25) is 14.3 Å². The molecule has 4 heterocycles. The number of hydrogen-bond donors (Lipinski definition) is 0. The molecule has 2 aliphatic rings. The molecule has 0 bridgehead atoms. The highest BCUT2D eigenvalue weighted by Crippen LogP contribution is 2.44. The number of nitrogens with zero attached hydrogens (tertiary/aromatic N) is 8. The maximum atomic E-state index is 14.5. The Kier molecular flexibility index (Phi) is 7.47. The highest BCUT2D eigenvalue weighted by molar-refractivity contribution is 6.33. The number of aromatic nitrogens is 4. The summed E-state index contributed by atoms with van der Waals surface area (Å²) < 4.78 is 45.5. The van der Waals surface area contributed by atoms with Crippen molar-refractivity contribution in [1.82, 2.24) is 29.4 Å². The van der Waals surface area contributed by atoms with Crippen molar-refractivity contribution >= 4 is 39.9 Å². The number of piperidine rings is 1. The third-order valence-corrected chi connectivity index (χ3v) is 9.35. The van der Waals surface area contributed by atoms with Crippen LogP contribution in [0.5, 0.6) is 0 Å². The quantitative estimate of drug-likeness (QED) is 0.299. The molecular weight excluding hydrogens is 565 g/mol. The standard InChI is InChI=1S/C30H36ClF3N8/c1-18-16-41(17-19(2)39(18)5)29-37-36-27-15-35-25-7-6-20(14-26(25)42(27)29)21-12-23(30(32,33)34)28(24(31)13-21)40-10-8-22(9-11-40)38(3)4/h6-7,12-15,18-19,22H,8-11,16-17H2,1-5H3/t18-,19+. The van der Waals surface area contributed by atoms with Crippen molar-refractivity contribution in [3.63, 3.8) is 0 Å². The summed E-state index contributed by atoms with van der Waals surface area (Å²) in [5.74, 6) is 0.701. The molecular formula is C30H36ClF3N8. The number of halogens is 4. The maximum absolute atomic E-state index is 14.5. The fraction of sp³-hybridized carbons (Fsp3) is 0.500. The monoisotopic (exact) mass is 600 g/mol. The van der Waals surface area contributed by atoms with E-state index in [9.17, 15) is 13.2 Å². The lowest BCUT2D eigenvalue weighted by Gasteiger charge is -2.42. The molecule has 2 atom stereocenters. The zero-order chi connectivity index (χ0) is 29.9. The summed E-state index contributed by atoms with van der Waals surface area (Å²) in [6.45, 7) is 6.96. The summed E-state index contributed by atoms with van der Waals surface area (Å²) in [7, 11) is 6.13. The largest absolute Gasteiger partial charge is 0.418 e. The van der Waals surface area contributed by atoms with Gasteiger partial charge >= 0.3 is 6.18 Å². The normalized spacial score (nSPS) is 21.3. The van der Waals surface area contributed by atoms with E-state index in [2.05, 4.69) is 50.8 Å². The minimum atomic E-state index is -4.56. The second kappa shape index (κ2) is 10.8. The van der Waals surface area contributed by atoms with Gasteiger partial charge in [0, 0.05) is 44.3 Å². The first kappa shape index (κ1) is 28.9. The van der Waals surface area contributed by atoms with E-state index in [4.69, 9.17) is 11.6 Å². The van der Waals surface area contributed by atoms with Crippen LogP contribution in [0.3, 0.4) is 0 Å². The van der Waals surface area contributed by atoms with Gasteiger partial charge in [-0.25, -0.2) is 0 Å². The van der Waals surface area contributed by atoms with E-state index in [0.717, 1.165) is 31.4 Å². The Labute approximate surface area is 248 Å². The molecule has 0 spiro atoms. The Bertz CT molecular complexity index is 1600. The molecule has 0 saturated carbocycles. The first-order valence-electron chi connectivity index (χ1n) is 14.4. The lowest BCUT2D eigenvalue weighted by Crippen LogP contribution is -2.55. The minimum Gasteiger partial charge on any atom is -0.370 e. The second-order valence-electron chi connectivity index (χ2n) is 12.0. The summed E-state index contributed by atoms with van der Waals surface area (Å²) >= 11 is 6.68. The van der Waals surface area contributed by atoms with E-state index in [1.165, 1.54) is 6.07 Å². The number of rotatable bonds is 4. The van der Waals surface area contributed by atoms with Crippen LogP contribution in [-0.4, -0.2) is 94.8 Å². The Morgan fingerprint density at radius 1 is 0.929 bits per heavy atom. The molecule has 2 aromatic heterocycles. The number of fused-ring (bicyclic) bond motifs is 3. The Morgan fingerprint density at radius 2 is 1.62 bits per heavy atom. The van der Waals surface area contributed by atoms with E-state index in [1.54, 1.807) is 23.2 Å². The summed E-state index contributed by atoms with van der Waals surface area (Å²) in [5.41, 5.74) is 2.37. The van der Waals surface area contributed by atoms with Crippen LogP contribution in [0.15, 0.2) is 36.5 Å². The van der Waals surface area contributed by atoms with Crippen molar-refractivity contribution in [3.8, 4) is 11.1 Å². The third-order valence-electron chi connectivity index (χ3n) is 9.06.